The lowest BCUT2D eigenvalue weighted by Crippen LogP contribution is -2.60. The van der Waals surface area contributed by atoms with Crippen LogP contribution in [0.25, 0.3) is 0 Å². The van der Waals surface area contributed by atoms with Gasteiger partial charge in [0.15, 0.2) is 0 Å². The van der Waals surface area contributed by atoms with Crippen LogP contribution in [0.15, 0.2) is 18.2 Å². The Morgan fingerprint density at radius 2 is 2.06 bits per heavy atom. The summed E-state index contributed by atoms with van der Waals surface area (Å²) in [5.41, 5.74) is 1.40. The first-order valence-corrected chi connectivity index (χ1v) is 6.59. The summed E-state index contributed by atoms with van der Waals surface area (Å²) in [5, 5.41) is 10.4. The highest BCUT2D eigenvalue weighted by Crippen LogP contribution is 2.43. The van der Waals surface area contributed by atoms with E-state index < -0.39 is 5.60 Å². The molecular weight excluding hydrogens is 228 g/mol. The fourth-order valence-corrected chi connectivity index (χ4v) is 2.84. The Morgan fingerprint density at radius 3 is 2.67 bits per heavy atom. The van der Waals surface area contributed by atoms with Crippen LogP contribution < -0.4 is 4.74 Å². The predicted molar refractivity (Wildman–Crippen MR) is 69.1 cm³/mol. The van der Waals surface area contributed by atoms with Gasteiger partial charge in [-0.2, -0.15) is 0 Å². The second-order valence-corrected chi connectivity index (χ2v) is 5.91. The molecule has 98 valence electrons. The number of aliphatic hydroxyl groups is 1. The summed E-state index contributed by atoms with van der Waals surface area (Å²) in [6.07, 6.45) is 2.13. The largest absolute Gasteiger partial charge is 0.493 e. The standard InChI is InChI=1S/C15H20O3/c1-14(2,16)15(9-17-10-15)12-5-6-13-11(8-12)4-3-7-18-13/h5-6,8,16H,3-4,7,9-10H2,1-2H3. The third-order valence-corrected chi connectivity index (χ3v) is 4.33. The van der Waals surface area contributed by atoms with E-state index in [2.05, 4.69) is 12.1 Å². The molecule has 3 nitrogen and oxygen atoms in total. The van der Waals surface area contributed by atoms with Crippen LogP contribution in [-0.4, -0.2) is 30.5 Å². The molecule has 2 aliphatic rings. The molecule has 0 atom stereocenters. The van der Waals surface area contributed by atoms with Gasteiger partial charge in [-0.15, -0.1) is 0 Å². The summed E-state index contributed by atoms with van der Waals surface area (Å²) in [7, 11) is 0. The highest BCUT2D eigenvalue weighted by molar-refractivity contribution is 5.43. The molecule has 1 N–H and O–H groups in total. The highest BCUT2D eigenvalue weighted by atomic mass is 16.5. The van der Waals surface area contributed by atoms with Gasteiger partial charge in [-0.3, -0.25) is 0 Å². The first kappa shape index (κ1) is 12.0. The van der Waals surface area contributed by atoms with E-state index in [4.69, 9.17) is 9.47 Å². The van der Waals surface area contributed by atoms with E-state index in [-0.39, 0.29) is 5.41 Å². The fraction of sp³-hybridized carbons (Fsp3) is 0.600. The number of ether oxygens (including phenoxy) is 2. The first-order chi connectivity index (χ1) is 8.53. The molecule has 0 bridgehead atoms. The van der Waals surface area contributed by atoms with Crippen molar-refractivity contribution in [1.82, 2.24) is 0 Å². The van der Waals surface area contributed by atoms with Gasteiger partial charge in [0.1, 0.15) is 5.75 Å². The molecule has 1 aromatic rings. The summed E-state index contributed by atoms with van der Waals surface area (Å²) in [4.78, 5) is 0. The van der Waals surface area contributed by atoms with Crippen molar-refractivity contribution in [2.45, 2.75) is 37.7 Å². The fourth-order valence-electron chi connectivity index (χ4n) is 2.84. The summed E-state index contributed by atoms with van der Waals surface area (Å²) in [5.74, 6) is 0.996. The molecule has 2 heterocycles. The van der Waals surface area contributed by atoms with Crippen LogP contribution in [-0.2, 0) is 16.6 Å². The number of hydrogen-bond donors (Lipinski definition) is 1. The van der Waals surface area contributed by atoms with E-state index in [0.717, 1.165) is 25.2 Å². The van der Waals surface area contributed by atoms with E-state index in [1.165, 1.54) is 11.1 Å². The van der Waals surface area contributed by atoms with Gasteiger partial charge < -0.3 is 14.6 Å². The summed E-state index contributed by atoms with van der Waals surface area (Å²) in [6, 6.07) is 6.30. The Kier molecular flexibility index (Phi) is 2.65. The van der Waals surface area contributed by atoms with E-state index >= 15 is 0 Å². The average Bonchev–Trinajstić information content (AvgIpc) is 2.25. The first-order valence-electron chi connectivity index (χ1n) is 6.59. The molecule has 1 fully saturated rings. The number of hydrogen-bond acceptors (Lipinski definition) is 3. The molecule has 0 aromatic heterocycles. The van der Waals surface area contributed by atoms with Gasteiger partial charge in [-0.25, -0.2) is 0 Å². The highest BCUT2D eigenvalue weighted by Gasteiger charge is 2.51. The maximum absolute atomic E-state index is 10.4. The number of fused-ring (bicyclic) bond motifs is 1. The Balaban J connectivity index is 2.01. The lowest BCUT2D eigenvalue weighted by Gasteiger charge is -2.50. The zero-order chi connectivity index (χ0) is 12.8. The minimum Gasteiger partial charge on any atom is -0.493 e. The molecule has 0 saturated carbocycles. The van der Waals surface area contributed by atoms with E-state index in [1.54, 1.807) is 0 Å². The molecule has 3 rings (SSSR count). The van der Waals surface area contributed by atoms with Crippen molar-refractivity contribution in [3.05, 3.63) is 29.3 Å². The molecule has 1 saturated heterocycles. The van der Waals surface area contributed by atoms with Crippen LogP contribution in [0, 0.1) is 0 Å². The second-order valence-electron chi connectivity index (χ2n) is 5.91. The Bertz CT molecular complexity index is 455. The molecule has 18 heavy (non-hydrogen) atoms. The lowest BCUT2D eigenvalue weighted by molar-refractivity contribution is -0.157. The van der Waals surface area contributed by atoms with Gasteiger partial charge in [0.2, 0.25) is 0 Å². The molecule has 0 amide bonds. The molecule has 0 spiro atoms. The maximum atomic E-state index is 10.4. The number of rotatable bonds is 2. The number of benzene rings is 1. The zero-order valence-corrected chi connectivity index (χ0v) is 11.0. The van der Waals surface area contributed by atoms with E-state index in [9.17, 15) is 5.11 Å². The molecule has 3 heteroatoms. The van der Waals surface area contributed by atoms with Gasteiger partial charge in [0.25, 0.3) is 0 Å². The van der Waals surface area contributed by atoms with Crippen molar-refractivity contribution in [3.8, 4) is 5.75 Å². The van der Waals surface area contributed by atoms with Crippen LogP contribution in [0.4, 0.5) is 0 Å². The van der Waals surface area contributed by atoms with Crippen LogP contribution in [0.2, 0.25) is 0 Å². The van der Waals surface area contributed by atoms with Gasteiger partial charge in [-0.05, 0) is 43.9 Å². The van der Waals surface area contributed by atoms with E-state index in [0.29, 0.717) is 13.2 Å². The van der Waals surface area contributed by atoms with Crippen molar-refractivity contribution in [1.29, 1.82) is 0 Å². The average molecular weight is 248 g/mol. The van der Waals surface area contributed by atoms with Crippen LogP contribution in [0.3, 0.4) is 0 Å². The molecule has 0 unspecified atom stereocenters. The maximum Gasteiger partial charge on any atom is 0.122 e. The van der Waals surface area contributed by atoms with E-state index in [1.807, 2.05) is 19.9 Å². The third kappa shape index (κ3) is 1.65. The Morgan fingerprint density at radius 1 is 1.28 bits per heavy atom. The minimum absolute atomic E-state index is 0.264. The van der Waals surface area contributed by atoms with Crippen molar-refractivity contribution in [2.24, 2.45) is 0 Å². The lowest BCUT2D eigenvalue weighted by atomic mass is 9.67. The van der Waals surface area contributed by atoms with Crippen molar-refractivity contribution < 1.29 is 14.6 Å². The smallest absolute Gasteiger partial charge is 0.122 e. The van der Waals surface area contributed by atoms with Gasteiger partial charge in [0, 0.05) is 0 Å². The Hall–Kier alpha value is -1.06. The molecule has 1 aromatic carbocycles. The van der Waals surface area contributed by atoms with Crippen LogP contribution in [0.5, 0.6) is 5.75 Å². The second kappa shape index (κ2) is 3.97. The normalized spacial score (nSPS) is 21.7. The van der Waals surface area contributed by atoms with Crippen LogP contribution >= 0.6 is 0 Å². The van der Waals surface area contributed by atoms with Crippen molar-refractivity contribution >= 4 is 0 Å². The third-order valence-electron chi connectivity index (χ3n) is 4.33. The van der Waals surface area contributed by atoms with Gasteiger partial charge >= 0.3 is 0 Å². The van der Waals surface area contributed by atoms with Crippen LogP contribution in [0.1, 0.15) is 31.4 Å². The molecule has 2 aliphatic heterocycles. The summed E-state index contributed by atoms with van der Waals surface area (Å²) >= 11 is 0. The molecule has 0 aliphatic carbocycles. The molecular formula is C15H20O3. The topological polar surface area (TPSA) is 38.7 Å². The van der Waals surface area contributed by atoms with Crippen molar-refractivity contribution in [2.75, 3.05) is 19.8 Å². The SMILES string of the molecule is CC(C)(O)C1(c2ccc3c(c2)CCCO3)COC1. The van der Waals surface area contributed by atoms with Gasteiger partial charge in [-0.1, -0.05) is 12.1 Å². The number of aryl methyl sites for hydroxylation is 1. The summed E-state index contributed by atoms with van der Waals surface area (Å²) in [6.45, 7) is 5.73. The monoisotopic (exact) mass is 248 g/mol. The van der Waals surface area contributed by atoms with Gasteiger partial charge in [0.05, 0.1) is 30.8 Å². The molecule has 0 radical (unpaired) electrons. The predicted octanol–water partition coefficient (Wildman–Crippen LogP) is 2.05. The minimum atomic E-state index is -0.769. The van der Waals surface area contributed by atoms with Crippen molar-refractivity contribution in [3.63, 3.8) is 0 Å². The summed E-state index contributed by atoms with van der Waals surface area (Å²) < 4.78 is 11.0. The zero-order valence-electron chi connectivity index (χ0n) is 11.0. The quantitative estimate of drug-likeness (QED) is 0.870. The Labute approximate surface area is 108 Å².